The van der Waals surface area contributed by atoms with E-state index in [1.165, 1.54) is 24.0 Å². The molecule has 1 unspecified atom stereocenters. The second kappa shape index (κ2) is 7.21. The number of benzene rings is 1. The summed E-state index contributed by atoms with van der Waals surface area (Å²) in [7, 11) is 0. The molecule has 0 bridgehead atoms. The van der Waals surface area contributed by atoms with Crippen LogP contribution in [0.5, 0.6) is 0 Å². The van der Waals surface area contributed by atoms with E-state index >= 15 is 0 Å². The molecule has 2 aromatic rings. The van der Waals surface area contributed by atoms with Gasteiger partial charge in [-0.25, -0.2) is 4.98 Å². The Morgan fingerprint density at radius 1 is 1.19 bits per heavy atom. The van der Waals surface area contributed by atoms with Crippen LogP contribution in [0.2, 0.25) is 0 Å². The maximum Gasteiger partial charge on any atom is 0.185 e. The fraction of sp³-hybridized carbons (Fsp3) is 0.609. The van der Waals surface area contributed by atoms with Crippen LogP contribution in [-0.4, -0.2) is 24.1 Å². The fourth-order valence-electron chi connectivity index (χ4n) is 4.78. The van der Waals surface area contributed by atoms with E-state index < -0.39 is 0 Å². The number of fused-ring (bicyclic) bond motifs is 1. The molecule has 1 fully saturated rings. The summed E-state index contributed by atoms with van der Waals surface area (Å²) in [6.45, 7) is 11.6. The zero-order valence-corrected chi connectivity index (χ0v) is 18.0. The van der Waals surface area contributed by atoms with Gasteiger partial charge in [-0.05, 0) is 60.1 Å². The van der Waals surface area contributed by atoms with Crippen molar-refractivity contribution in [3.05, 3.63) is 34.7 Å². The molecular formula is C23H33N3S. The summed E-state index contributed by atoms with van der Waals surface area (Å²) in [5, 5.41) is 3.37. The molecule has 1 aliphatic heterocycles. The van der Waals surface area contributed by atoms with Crippen molar-refractivity contribution < 1.29 is 0 Å². The molecule has 1 saturated heterocycles. The highest BCUT2D eigenvalue weighted by atomic mass is 32.1. The zero-order valence-electron chi connectivity index (χ0n) is 17.2. The molecular weight excluding hydrogens is 350 g/mol. The van der Waals surface area contributed by atoms with E-state index in [9.17, 15) is 0 Å². The number of rotatable bonds is 3. The third-order valence-corrected chi connectivity index (χ3v) is 7.56. The van der Waals surface area contributed by atoms with Crippen LogP contribution in [-0.2, 0) is 5.41 Å². The molecule has 2 heterocycles. The van der Waals surface area contributed by atoms with Crippen molar-refractivity contribution in [1.82, 2.24) is 4.98 Å². The number of anilines is 1. The van der Waals surface area contributed by atoms with E-state index in [1.54, 1.807) is 16.9 Å². The lowest BCUT2D eigenvalue weighted by Crippen LogP contribution is -2.39. The molecule has 4 rings (SSSR count). The minimum absolute atomic E-state index is 0.277. The first-order chi connectivity index (χ1) is 12.8. The Bertz CT molecular complexity index is 800. The van der Waals surface area contributed by atoms with Crippen LogP contribution in [0.4, 0.5) is 5.13 Å². The summed E-state index contributed by atoms with van der Waals surface area (Å²) < 4.78 is 0. The Hall–Kier alpha value is -1.39. The molecule has 4 heteroatoms. The van der Waals surface area contributed by atoms with Gasteiger partial charge in [0, 0.05) is 30.1 Å². The molecule has 1 atom stereocenters. The van der Waals surface area contributed by atoms with Gasteiger partial charge in [0.2, 0.25) is 0 Å². The van der Waals surface area contributed by atoms with Crippen LogP contribution < -0.4 is 10.6 Å². The predicted molar refractivity (Wildman–Crippen MR) is 117 cm³/mol. The summed E-state index contributed by atoms with van der Waals surface area (Å²) in [5.74, 6) is 1.34. The maximum atomic E-state index is 6.05. The second-order valence-electron chi connectivity index (χ2n) is 9.41. The summed E-state index contributed by atoms with van der Waals surface area (Å²) in [4.78, 5) is 7.39. The lowest BCUT2D eigenvalue weighted by atomic mass is 9.66. The van der Waals surface area contributed by atoms with E-state index in [0.717, 1.165) is 36.8 Å². The fourth-order valence-corrected chi connectivity index (χ4v) is 5.67. The lowest BCUT2D eigenvalue weighted by Gasteiger charge is -2.39. The van der Waals surface area contributed by atoms with Crippen molar-refractivity contribution >= 4 is 16.5 Å². The molecule has 2 N–H and O–H groups in total. The van der Waals surface area contributed by atoms with E-state index in [1.807, 2.05) is 0 Å². The maximum absolute atomic E-state index is 6.05. The molecule has 1 aromatic heterocycles. The number of piperidine rings is 1. The van der Waals surface area contributed by atoms with Crippen molar-refractivity contribution in [3.63, 3.8) is 0 Å². The standard InChI is InChI=1S/C23H33N3S/c1-15(2)18-7-10-23(3,4)20-6-5-16(13-19(18)20)21-14-27-22(25-21)26-11-8-17(24)9-12-26/h5-6,13-15,17-18H,7-12,24H2,1-4H3. The highest BCUT2D eigenvalue weighted by molar-refractivity contribution is 7.14. The number of thiazole rings is 1. The van der Waals surface area contributed by atoms with Gasteiger partial charge < -0.3 is 10.6 Å². The van der Waals surface area contributed by atoms with Gasteiger partial charge in [0.05, 0.1) is 5.69 Å². The first kappa shape index (κ1) is 18.9. The Morgan fingerprint density at radius 2 is 1.93 bits per heavy atom. The van der Waals surface area contributed by atoms with Gasteiger partial charge in [-0.15, -0.1) is 11.3 Å². The zero-order chi connectivity index (χ0) is 19.2. The summed E-state index contributed by atoms with van der Waals surface area (Å²) in [6.07, 6.45) is 4.70. The molecule has 0 spiro atoms. The molecule has 1 aromatic carbocycles. The average molecular weight is 384 g/mol. The molecule has 3 nitrogen and oxygen atoms in total. The van der Waals surface area contributed by atoms with Gasteiger partial charge in [0.25, 0.3) is 0 Å². The minimum Gasteiger partial charge on any atom is -0.348 e. The van der Waals surface area contributed by atoms with E-state index in [2.05, 4.69) is 56.2 Å². The highest BCUT2D eigenvalue weighted by Crippen LogP contribution is 2.46. The summed E-state index contributed by atoms with van der Waals surface area (Å²) >= 11 is 1.77. The Balaban J connectivity index is 1.65. The van der Waals surface area contributed by atoms with Crippen molar-refractivity contribution in [3.8, 4) is 11.3 Å². The number of aromatic nitrogens is 1. The van der Waals surface area contributed by atoms with Crippen molar-refractivity contribution in [1.29, 1.82) is 0 Å². The van der Waals surface area contributed by atoms with Gasteiger partial charge in [0.15, 0.2) is 5.13 Å². The first-order valence-corrected chi connectivity index (χ1v) is 11.3. The molecule has 27 heavy (non-hydrogen) atoms. The quantitative estimate of drug-likeness (QED) is 0.756. The predicted octanol–water partition coefficient (Wildman–Crippen LogP) is 5.55. The smallest absolute Gasteiger partial charge is 0.185 e. The van der Waals surface area contributed by atoms with Gasteiger partial charge in [-0.1, -0.05) is 39.8 Å². The monoisotopic (exact) mass is 383 g/mol. The lowest BCUT2D eigenvalue weighted by molar-refractivity contribution is 0.346. The van der Waals surface area contributed by atoms with Crippen LogP contribution in [0, 0.1) is 5.92 Å². The third kappa shape index (κ3) is 3.66. The molecule has 0 saturated carbocycles. The minimum atomic E-state index is 0.277. The summed E-state index contributed by atoms with van der Waals surface area (Å²) in [6, 6.07) is 7.45. The average Bonchev–Trinajstić information content (AvgIpc) is 3.12. The Morgan fingerprint density at radius 3 is 2.63 bits per heavy atom. The normalized spacial score (nSPS) is 22.9. The molecule has 146 valence electrons. The third-order valence-electron chi connectivity index (χ3n) is 6.66. The van der Waals surface area contributed by atoms with Gasteiger partial charge in [0.1, 0.15) is 0 Å². The van der Waals surface area contributed by atoms with Crippen LogP contribution >= 0.6 is 11.3 Å². The van der Waals surface area contributed by atoms with Crippen molar-refractivity contribution in [2.75, 3.05) is 18.0 Å². The second-order valence-corrected chi connectivity index (χ2v) is 10.3. The Kier molecular flexibility index (Phi) is 5.06. The van der Waals surface area contributed by atoms with E-state index in [0.29, 0.717) is 17.9 Å². The topological polar surface area (TPSA) is 42.1 Å². The highest BCUT2D eigenvalue weighted by Gasteiger charge is 2.34. The SMILES string of the molecule is CC(C)C1CCC(C)(C)c2ccc(-c3csc(N4CCC(N)CC4)n3)cc21. The van der Waals surface area contributed by atoms with Crippen LogP contribution in [0.25, 0.3) is 11.3 Å². The van der Waals surface area contributed by atoms with Gasteiger partial charge >= 0.3 is 0 Å². The number of nitrogens with two attached hydrogens (primary N) is 1. The largest absolute Gasteiger partial charge is 0.348 e. The molecule has 0 amide bonds. The molecule has 0 radical (unpaired) electrons. The van der Waals surface area contributed by atoms with Crippen LogP contribution in [0.3, 0.4) is 0 Å². The van der Waals surface area contributed by atoms with E-state index in [4.69, 9.17) is 10.7 Å². The van der Waals surface area contributed by atoms with Gasteiger partial charge in [-0.2, -0.15) is 0 Å². The Labute approximate surface area is 168 Å². The number of hydrogen-bond donors (Lipinski definition) is 1. The summed E-state index contributed by atoms with van der Waals surface area (Å²) in [5.41, 5.74) is 11.8. The number of nitrogens with zero attached hydrogens (tertiary/aromatic N) is 2. The van der Waals surface area contributed by atoms with Gasteiger partial charge in [-0.3, -0.25) is 0 Å². The number of hydrogen-bond acceptors (Lipinski definition) is 4. The van der Waals surface area contributed by atoms with Crippen molar-refractivity contribution in [2.24, 2.45) is 11.7 Å². The van der Waals surface area contributed by atoms with E-state index in [-0.39, 0.29) is 5.41 Å². The van der Waals surface area contributed by atoms with Crippen LogP contribution in [0.1, 0.15) is 70.4 Å². The first-order valence-electron chi connectivity index (χ1n) is 10.5. The van der Waals surface area contributed by atoms with Crippen LogP contribution in [0.15, 0.2) is 23.6 Å². The van der Waals surface area contributed by atoms with Crippen molar-refractivity contribution in [2.45, 2.75) is 70.8 Å². The molecule has 1 aliphatic carbocycles. The molecule has 2 aliphatic rings.